The number of benzene rings is 1. The molecule has 0 atom stereocenters. The average molecular weight is 294 g/mol. The number of esters is 1. The second-order valence-electron chi connectivity index (χ2n) is 4.19. The minimum Gasteiger partial charge on any atom is -0.493 e. The molecule has 21 heavy (non-hydrogen) atoms. The fourth-order valence-corrected chi connectivity index (χ4v) is 1.91. The van der Waals surface area contributed by atoms with Crippen molar-refractivity contribution in [2.75, 3.05) is 21.0 Å². The number of carbonyl (C=O) groups excluding carboxylic acids is 1. The number of hydrogen-bond acceptors (Lipinski definition) is 6. The maximum absolute atomic E-state index is 11.6. The summed E-state index contributed by atoms with van der Waals surface area (Å²) in [7, 11) is 2.67. The molecule has 1 aromatic carbocycles. The molecule has 1 aliphatic heterocycles. The molecule has 0 radical (unpaired) electrons. The molecular weight excluding hydrogens is 280 g/mol. The van der Waals surface area contributed by atoms with Crippen LogP contribution in [0.15, 0.2) is 17.7 Å². The quantitative estimate of drug-likeness (QED) is 0.649. The van der Waals surface area contributed by atoms with Gasteiger partial charge in [0.2, 0.25) is 12.5 Å². The Labute approximate surface area is 120 Å². The first-order valence-electron chi connectivity index (χ1n) is 6.03. The summed E-state index contributed by atoms with van der Waals surface area (Å²) in [5.41, 5.74) is 0.573. The van der Waals surface area contributed by atoms with Gasteiger partial charge in [0, 0.05) is 5.57 Å². The Morgan fingerprint density at radius 2 is 2.10 bits per heavy atom. The van der Waals surface area contributed by atoms with E-state index in [-0.39, 0.29) is 12.4 Å². The molecule has 7 heteroatoms. The van der Waals surface area contributed by atoms with Gasteiger partial charge in [-0.05, 0) is 23.8 Å². The number of ether oxygens (including phenoxy) is 4. The third-order valence-electron chi connectivity index (χ3n) is 2.81. The first-order valence-corrected chi connectivity index (χ1v) is 6.03. The smallest absolute Gasteiger partial charge is 0.334 e. The first kappa shape index (κ1) is 14.7. The minimum atomic E-state index is -1.13. The molecule has 0 bridgehead atoms. The highest BCUT2D eigenvalue weighted by Gasteiger charge is 2.21. The Balaban J connectivity index is 2.41. The fourth-order valence-electron chi connectivity index (χ4n) is 1.91. The summed E-state index contributed by atoms with van der Waals surface area (Å²) >= 11 is 0. The molecule has 0 amide bonds. The summed E-state index contributed by atoms with van der Waals surface area (Å²) in [6.45, 7) is 0.0812. The molecule has 0 spiro atoms. The van der Waals surface area contributed by atoms with Crippen molar-refractivity contribution in [1.29, 1.82) is 0 Å². The number of carboxylic acid groups (broad SMARTS) is 1. The normalized spacial score (nSPS) is 13.0. The Morgan fingerprint density at radius 3 is 2.71 bits per heavy atom. The highest BCUT2D eigenvalue weighted by atomic mass is 16.7. The zero-order chi connectivity index (χ0) is 15.4. The molecule has 1 N–H and O–H groups in total. The van der Waals surface area contributed by atoms with E-state index in [1.165, 1.54) is 20.3 Å². The number of carbonyl (C=O) groups is 2. The number of aliphatic carboxylic acids is 1. The van der Waals surface area contributed by atoms with E-state index in [9.17, 15) is 9.59 Å². The topological polar surface area (TPSA) is 91.3 Å². The molecule has 7 nitrogen and oxygen atoms in total. The van der Waals surface area contributed by atoms with Crippen molar-refractivity contribution in [3.05, 3.63) is 23.3 Å². The Morgan fingerprint density at radius 1 is 1.33 bits per heavy atom. The summed E-state index contributed by atoms with van der Waals surface area (Å²) in [6, 6.07) is 3.26. The van der Waals surface area contributed by atoms with Crippen molar-refractivity contribution in [2.24, 2.45) is 0 Å². The zero-order valence-electron chi connectivity index (χ0n) is 11.5. The third kappa shape index (κ3) is 3.25. The second kappa shape index (κ2) is 6.17. The molecule has 0 saturated carbocycles. The molecule has 0 unspecified atom stereocenters. The molecule has 1 aromatic rings. The van der Waals surface area contributed by atoms with Crippen LogP contribution in [0.1, 0.15) is 12.0 Å². The van der Waals surface area contributed by atoms with Crippen LogP contribution in [0.4, 0.5) is 0 Å². The molecule has 1 heterocycles. The van der Waals surface area contributed by atoms with Gasteiger partial charge in [-0.15, -0.1) is 0 Å². The number of rotatable bonds is 5. The zero-order valence-corrected chi connectivity index (χ0v) is 11.5. The van der Waals surface area contributed by atoms with Gasteiger partial charge in [-0.2, -0.15) is 0 Å². The minimum absolute atomic E-state index is 0.0194. The fraction of sp³-hybridized carbons (Fsp3) is 0.286. The van der Waals surface area contributed by atoms with Gasteiger partial charge in [-0.25, -0.2) is 4.79 Å². The van der Waals surface area contributed by atoms with Gasteiger partial charge in [0.25, 0.3) is 0 Å². The van der Waals surface area contributed by atoms with Crippen LogP contribution < -0.4 is 14.2 Å². The molecule has 2 rings (SSSR count). The lowest BCUT2D eigenvalue weighted by Crippen LogP contribution is -2.09. The predicted molar refractivity (Wildman–Crippen MR) is 71.4 cm³/mol. The van der Waals surface area contributed by atoms with Gasteiger partial charge >= 0.3 is 11.9 Å². The van der Waals surface area contributed by atoms with Crippen molar-refractivity contribution in [3.63, 3.8) is 0 Å². The molecule has 1 aliphatic rings. The molecule has 0 saturated heterocycles. The Bertz CT molecular complexity index is 604. The van der Waals surface area contributed by atoms with Crippen LogP contribution in [0, 0.1) is 0 Å². The van der Waals surface area contributed by atoms with E-state index in [1.807, 2.05) is 0 Å². The van der Waals surface area contributed by atoms with Crippen molar-refractivity contribution in [1.82, 2.24) is 0 Å². The van der Waals surface area contributed by atoms with Gasteiger partial charge in [0.1, 0.15) is 0 Å². The predicted octanol–water partition coefficient (Wildman–Crippen LogP) is 1.45. The van der Waals surface area contributed by atoms with Gasteiger partial charge in [-0.3, -0.25) is 4.79 Å². The standard InChI is InChI=1S/C14H14O7/c1-18-10-4-8(5-11-13(10)21-7-20-11)3-9(6-12(15)16)14(17)19-2/h3-5H,6-7H2,1-2H3,(H,15,16)/b9-3+. The highest BCUT2D eigenvalue weighted by Crippen LogP contribution is 2.42. The number of carboxylic acids is 1. The first-order chi connectivity index (χ1) is 10.0. The number of hydrogen-bond donors (Lipinski definition) is 1. The van der Waals surface area contributed by atoms with Gasteiger partial charge in [-0.1, -0.05) is 0 Å². The van der Waals surface area contributed by atoms with Crippen LogP contribution in [-0.2, 0) is 14.3 Å². The Hall–Kier alpha value is -2.70. The number of methoxy groups -OCH3 is 2. The van der Waals surface area contributed by atoms with E-state index in [1.54, 1.807) is 12.1 Å². The average Bonchev–Trinajstić information content (AvgIpc) is 2.92. The highest BCUT2D eigenvalue weighted by molar-refractivity contribution is 5.98. The number of fused-ring (bicyclic) bond motifs is 1. The molecule has 112 valence electrons. The lowest BCUT2D eigenvalue weighted by Gasteiger charge is -2.07. The lowest BCUT2D eigenvalue weighted by atomic mass is 10.1. The lowest BCUT2D eigenvalue weighted by molar-refractivity contribution is -0.141. The summed E-state index contributed by atoms with van der Waals surface area (Å²) in [5, 5.41) is 8.84. The van der Waals surface area contributed by atoms with Crippen molar-refractivity contribution < 1.29 is 33.6 Å². The van der Waals surface area contributed by atoms with E-state index >= 15 is 0 Å². The van der Waals surface area contributed by atoms with E-state index < -0.39 is 18.4 Å². The maximum Gasteiger partial charge on any atom is 0.334 e. The van der Waals surface area contributed by atoms with Crippen LogP contribution in [-0.4, -0.2) is 38.1 Å². The van der Waals surface area contributed by atoms with Crippen LogP contribution >= 0.6 is 0 Å². The van der Waals surface area contributed by atoms with E-state index in [0.717, 1.165) is 0 Å². The molecule has 0 aromatic heterocycles. The van der Waals surface area contributed by atoms with Gasteiger partial charge in [0.15, 0.2) is 11.5 Å². The molecule has 0 aliphatic carbocycles. The molecular formula is C14H14O7. The summed E-state index contributed by atoms with van der Waals surface area (Å²) in [4.78, 5) is 22.4. The largest absolute Gasteiger partial charge is 0.493 e. The second-order valence-corrected chi connectivity index (χ2v) is 4.19. The van der Waals surface area contributed by atoms with Crippen LogP contribution in [0.2, 0.25) is 0 Å². The van der Waals surface area contributed by atoms with Gasteiger partial charge < -0.3 is 24.1 Å². The van der Waals surface area contributed by atoms with E-state index in [2.05, 4.69) is 4.74 Å². The SMILES string of the molecule is COC(=O)/C(=C/c1cc(OC)c2c(c1)OCO2)CC(=O)O. The summed E-state index contributed by atoms with van der Waals surface area (Å²) in [5.74, 6) is -0.433. The summed E-state index contributed by atoms with van der Waals surface area (Å²) < 4.78 is 20.3. The van der Waals surface area contributed by atoms with E-state index in [0.29, 0.717) is 22.8 Å². The van der Waals surface area contributed by atoms with Crippen molar-refractivity contribution >= 4 is 18.0 Å². The van der Waals surface area contributed by atoms with Crippen LogP contribution in [0.25, 0.3) is 6.08 Å². The maximum atomic E-state index is 11.6. The van der Waals surface area contributed by atoms with Gasteiger partial charge in [0.05, 0.1) is 20.6 Å². The molecule has 0 fully saturated rings. The third-order valence-corrected chi connectivity index (χ3v) is 2.81. The summed E-state index contributed by atoms with van der Waals surface area (Å²) in [6.07, 6.45) is 0.980. The van der Waals surface area contributed by atoms with Crippen molar-refractivity contribution in [3.8, 4) is 17.2 Å². The monoisotopic (exact) mass is 294 g/mol. The Kier molecular flexibility index (Phi) is 4.32. The van der Waals surface area contributed by atoms with Crippen LogP contribution in [0.3, 0.4) is 0 Å². The van der Waals surface area contributed by atoms with E-state index in [4.69, 9.17) is 19.3 Å². The van der Waals surface area contributed by atoms with Crippen molar-refractivity contribution in [2.45, 2.75) is 6.42 Å². The van der Waals surface area contributed by atoms with Crippen LogP contribution in [0.5, 0.6) is 17.2 Å².